The molecule has 0 N–H and O–H groups in total. The molecule has 0 spiro atoms. The Kier molecular flexibility index (Phi) is 5.84. The summed E-state index contributed by atoms with van der Waals surface area (Å²) in [5.41, 5.74) is 3.21. The number of hydrogen-bond acceptors (Lipinski definition) is 4. The number of carbonyl (C=O) groups excluding carboxylic acids is 2. The molecule has 2 fully saturated rings. The van der Waals surface area contributed by atoms with Crippen LogP contribution in [0.5, 0.6) is 0 Å². The molecule has 0 aromatic heterocycles. The summed E-state index contributed by atoms with van der Waals surface area (Å²) in [6, 6.07) is 30.2. The molecule has 5 rings (SSSR count). The molecule has 5 nitrogen and oxygen atoms in total. The molecule has 0 radical (unpaired) electrons. The predicted octanol–water partition coefficient (Wildman–Crippen LogP) is 3.73. The summed E-state index contributed by atoms with van der Waals surface area (Å²) in [6.45, 7) is 3.22. The minimum atomic E-state index is -0.364. The molecule has 2 aliphatic rings. The highest BCUT2D eigenvalue weighted by molar-refractivity contribution is 6.22. The number of amides is 2. The van der Waals surface area contributed by atoms with Crippen LogP contribution in [0.3, 0.4) is 0 Å². The Balaban J connectivity index is 1.31. The monoisotopic (exact) mass is 425 g/mol. The molecule has 3 aromatic rings. The van der Waals surface area contributed by atoms with Gasteiger partial charge in [-0.05, 0) is 23.3 Å². The Bertz CT molecular complexity index is 1020. The van der Waals surface area contributed by atoms with Gasteiger partial charge in [0.15, 0.2) is 0 Å². The molecule has 2 aliphatic heterocycles. The van der Waals surface area contributed by atoms with E-state index in [9.17, 15) is 9.59 Å². The summed E-state index contributed by atoms with van der Waals surface area (Å²) in [5.74, 6) is -0.211. The van der Waals surface area contributed by atoms with Gasteiger partial charge < -0.3 is 0 Å². The van der Waals surface area contributed by atoms with Gasteiger partial charge in [0.05, 0.1) is 24.2 Å². The molecule has 3 aromatic carbocycles. The van der Waals surface area contributed by atoms with Crippen LogP contribution in [0.15, 0.2) is 91.0 Å². The van der Waals surface area contributed by atoms with Crippen molar-refractivity contribution in [1.82, 2.24) is 9.80 Å². The normalized spacial score (nSPS) is 20.3. The van der Waals surface area contributed by atoms with E-state index in [-0.39, 0.29) is 30.3 Å². The van der Waals surface area contributed by atoms with Gasteiger partial charge in [0.2, 0.25) is 5.91 Å². The fourth-order valence-corrected chi connectivity index (χ4v) is 4.94. The van der Waals surface area contributed by atoms with Crippen molar-refractivity contribution in [2.24, 2.45) is 0 Å². The van der Waals surface area contributed by atoms with Crippen LogP contribution >= 0.6 is 0 Å². The molecule has 5 heteroatoms. The number of para-hydroxylation sites is 1. The van der Waals surface area contributed by atoms with E-state index in [2.05, 4.69) is 58.3 Å². The third-order valence-corrected chi connectivity index (χ3v) is 6.52. The molecule has 0 saturated carbocycles. The lowest BCUT2D eigenvalue weighted by atomic mass is 9.96. The molecule has 32 heavy (non-hydrogen) atoms. The van der Waals surface area contributed by atoms with Gasteiger partial charge in [0.25, 0.3) is 5.91 Å². The van der Waals surface area contributed by atoms with Crippen molar-refractivity contribution >= 4 is 17.5 Å². The fourth-order valence-electron chi connectivity index (χ4n) is 4.94. The van der Waals surface area contributed by atoms with Crippen LogP contribution in [-0.2, 0) is 9.59 Å². The second-order valence-corrected chi connectivity index (χ2v) is 8.42. The zero-order chi connectivity index (χ0) is 21.9. The lowest BCUT2D eigenvalue weighted by Gasteiger charge is -2.41. The van der Waals surface area contributed by atoms with Crippen LogP contribution in [0.2, 0.25) is 0 Å². The number of piperazine rings is 1. The van der Waals surface area contributed by atoms with Gasteiger partial charge >= 0.3 is 0 Å². The molecule has 2 amide bonds. The first kappa shape index (κ1) is 20.6. The van der Waals surface area contributed by atoms with E-state index in [0.29, 0.717) is 5.69 Å². The standard InChI is InChI=1S/C27H27N3O2/c31-25-20-24(27(32)30(25)23-14-8-3-9-15-23)28-16-18-29(19-17-28)26(21-10-4-1-5-11-21)22-12-6-2-7-13-22/h1-15,24,26H,16-20H2. The molecule has 2 heterocycles. The smallest absolute Gasteiger partial charge is 0.251 e. The average Bonchev–Trinajstić information content (AvgIpc) is 3.15. The lowest BCUT2D eigenvalue weighted by Crippen LogP contribution is -2.53. The first-order chi connectivity index (χ1) is 15.7. The van der Waals surface area contributed by atoms with Crippen molar-refractivity contribution in [1.29, 1.82) is 0 Å². The number of anilines is 1. The SMILES string of the molecule is O=C1CC(N2CCN(C(c3ccccc3)c3ccccc3)CC2)C(=O)N1c1ccccc1. The molecule has 0 bridgehead atoms. The van der Waals surface area contributed by atoms with Crippen LogP contribution in [0, 0.1) is 0 Å². The first-order valence-corrected chi connectivity index (χ1v) is 11.2. The highest BCUT2D eigenvalue weighted by Crippen LogP contribution is 2.31. The van der Waals surface area contributed by atoms with E-state index in [1.165, 1.54) is 16.0 Å². The Morgan fingerprint density at radius 1 is 0.656 bits per heavy atom. The van der Waals surface area contributed by atoms with Crippen molar-refractivity contribution in [3.05, 3.63) is 102 Å². The Morgan fingerprint density at radius 2 is 1.16 bits per heavy atom. The predicted molar refractivity (Wildman–Crippen MR) is 125 cm³/mol. The maximum absolute atomic E-state index is 13.1. The Hall–Kier alpha value is -3.28. The fraction of sp³-hybridized carbons (Fsp3) is 0.259. The summed E-state index contributed by atoms with van der Waals surface area (Å²) in [4.78, 5) is 31.8. The minimum absolute atomic E-state index is 0.0997. The molecule has 2 saturated heterocycles. The van der Waals surface area contributed by atoms with Gasteiger partial charge in [0, 0.05) is 26.2 Å². The summed E-state index contributed by atoms with van der Waals surface area (Å²) in [7, 11) is 0. The third kappa shape index (κ3) is 3.97. The zero-order valence-electron chi connectivity index (χ0n) is 18.0. The molecule has 1 atom stereocenters. The van der Waals surface area contributed by atoms with Gasteiger partial charge in [0.1, 0.15) is 0 Å². The van der Waals surface area contributed by atoms with Crippen LogP contribution in [0.1, 0.15) is 23.6 Å². The molecule has 162 valence electrons. The number of carbonyl (C=O) groups is 2. The highest BCUT2D eigenvalue weighted by Gasteiger charge is 2.43. The van der Waals surface area contributed by atoms with E-state index < -0.39 is 0 Å². The topological polar surface area (TPSA) is 43.9 Å². The van der Waals surface area contributed by atoms with Crippen molar-refractivity contribution < 1.29 is 9.59 Å². The maximum atomic E-state index is 13.1. The number of nitrogens with zero attached hydrogens (tertiary/aromatic N) is 3. The van der Waals surface area contributed by atoms with Crippen molar-refractivity contribution in [2.45, 2.75) is 18.5 Å². The van der Waals surface area contributed by atoms with Gasteiger partial charge in [-0.1, -0.05) is 78.9 Å². The van der Waals surface area contributed by atoms with E-state index in [1.807, 2.05) is 42.5 Å². The van der Waals surface area contributed by atoms with Crippen LogP contribution < -0.4 is 4.90 Å². The summed E-state index contributed by atoms with van der Waals surface area (Å²) in [6.07, 6.45) is 0.258. The first-order valence-electron chi connectivity index (χ1n) is 11.2. The zero-order valence-corrected chi connectivity index (χ0v) is 18.0. The van der Waals surface area contributed by atoms with Gasteiger partial charge in [-0.3, -0.25) is 19.4 Å². The van der Waals surface area contributed by atoms with Crippen molar-refractivity contribution in [3.63, 3.8) is 0 Å². The second kappa shape index (κ2) is 9.07. The van der Waals surface area contributed by atoms with Crippen molar-refractivity contribution in [3.8, 4) is 0 Å². The molecular formula is C27H27N3O2. The average molecular weight is 426 g/mol. The quantitative estimate of drug-likeness (QED) is 0.585. The Labute approximate surface area is 188 Å². The van der Waals surface area contributed by atoms with E-state index in [4.69, 9.17) is 0 Å². The number of imide groups is 1. The lowest BCUT2D eigenvalue weighted by molar-refractivity contribution is -0.123. The third-order valence-electron chi connectivity index (χ3n) is 6.52. The molecule has 0 aliphatic carbocycles. The van der Waals surface area contributed by atoms with Crippen molar-refractivity contribution in [2.75, 3.05) is 31.1 Å². The van der Waals surface area contributed by atoms with Gasteiger partial charge in [-0.2, -0.15) is 0 Å². The van der Waals surface area contributed by atoms with E-state index in [0.717, 1.165) is 26.2 Å². The number of benzene rings is 3. The van der Waals surface area contributed by atoms with Crippen LogP contribution in [0.4, 0.5) is 5.69 Å². The second-order valence-electron chi connectivity index (χ2n) is 8.42. The van der Waals surface area contributed by atoms with Gasteiger partial charge in [-0.25, -0.2) is 4.90 Å². The highest BCUT2D eigenvalue weighted by atomic mass is 16.2. The summed E-state index contributed by atoms with van der Waals surface area (Å²) in [5, 5.41) is 0. The van der Waals surface area contributed by atoms with E-state index >= 15 is 0 Å². The van der Waals surface area contributed by atoms with Gasteiger partial charge in [-0.15, -0.1) is 0 Å². The Morgan fingerprint density at radius 3 is 1.69 bits per heavy atom. The molecular weight excluding hydrogens is 398 g/mol. The van der Waals surface area contributed by atoms with Crippen LogP contribution in [0.25, 0.3) is 0 Å². The summed E-state index contributed by atoms with van der Waals surface area (Å²) < 4.78 is 0. The largest absolute Gasteiger partial charge is 0.290 e. The molecule has 1 unspecified atom stereocenters. The summed E-state index contributed by atoms with van der Waals surface area (Å²) >= 11 is 0. The number of rotatable bonds is 5. The minimum Gasteiger partial charge on any atom is -0.290 e. The number of hydrogen-bond donors (Lipinski definition) is 0. The maximum Gasteiger partial charge on any atom is 0.251 e. The van der Waals surface area contributed by atoms with E-state index in [1.54, 1.807) is 0 Å². The van der Waals surface area contributed by atoms with Crippen LogP contribution in [-0.4, -0.2) is 53.8 Å².